The highest BCUT2D eigenvalue weighted by Gasteiger charge is 2.57. The normalized spacial score (nSPS) is 19.8. The number of ether oxygens (including phenoxy) is 1. The third-order valence-electron chi connectivity index (χ3n) is 8.89. The van der Waals surface area contributed by atoms with Crippen molar-refractivity contribution >= 4 is 41.4 Å². The number of likely N-dealkylation sites (tertiary alicyclic amines) is 1. The quantitative estimate of drug-likeness (QED) is 0.244. The summed E-state index contributed by atoms with van der Waals surface area (Å²) in [7, 11) is -2.46. The highest BCUT2D eigenvalue weighted by atomic mass is 79.9. The molecule has 236 valence electrons. The fourth-order valence-electron chi connectivity index (χ4n) is 5.25. The van der Waals surface area contributed by atoms with Crippen LogP contribution in [0.4, 0.5) is 18.0 Å². The van der Waals surface area contributed by atoms with Gasteiger partial charge in [0.05, 0.1) is 36.1 Å². The number of alkyl halides is 3. The maximum absolute atomic E-state index is 14.9. The van der Waals surface area contributed by atoms with E-state index in [1.165, 1.54) is 15.8 Å². The van der Waals surface area contributed by atoms with Crippen molar-refractivity contribution in [1.29, 1.82) is 0 Å². The Kier molecular flexibility index (Phi) is 9.76. The van der Waals surface area contributed by atoms with Gasteiger partial charge in [0, 0.05) is 17.4 Å². The molecule has 2 heterocycles. The van der Waals surface area contributed by atoms with E-state index < -0.39 is 51.3 Å². The van der Waals surface area contributed by atoms with E-state index in [1.807, 2.05) is 50.3 Å². The lowest BCUT2D eigenvalue weighted by atomic mass is 9.86. The second-order valence-electron chi connectivity index (χ2n) is 13.0. The molecule has 3 aromatic rings. The van der Waals surface area contributed by atoms with Crippen molar-refractivity contribution in [1.82, 2.24) is 14.5 Å². The van der Waals surface area contributed by atoms with Crippen LogP contribution in [0.25, 0.3) is 11.0 Å². The smallest absolute Gasteiger partial charge is 0.419 e. The van der Waals surface area contributed by atoms with Gasteiger partial charge >= 0.3 is 12.3 Å². The number of carbonyl (C=O) groups excluding carboxylic acids is 1. The predicted octanol–water partition coefficient (Wildman–Crippen LogP) is 7.98. The van der Waals surface area contributed by atoms with Gasteiger partial charge in [-0.25, -0.2) is 9.78 Å². The van der Waals surface area contributed by atoms with Crippen LogP contribution in [0.1, 0.15) is 51.2 Å². The Morgan fingerprint density at radius 1 is 1.14 bits per heavy atom. The number of imidazole rings is 1. The van der Waals surface area contributed by atoms with E-state index >= 15 is 0 Å². The van der Waals surface area contributed by atoms with Crippen LogP contribution in [0.5, 0.6) is 0 Å². The van der Waals surface area contributed by atoms with Crippen LogP contribution < -0.4 is 0 Å². The molecule has 4 rings (SSSR count). The van der Waals surface area contributed by atoms with E-state index in [2.05, 4.69) is 41.7 Å². The van der Waals surface area contributed by atoms with Crippen molar-refractivity contribution < 1.29 is 32.2 Å². The Balaban J connectivity index is 1.70. The maximum Gasteiger partial charge on any atom is 0.419 e. The van der Waals surface area contributed by atoms with Gasteiger partial charge in [-0.05, 0) is 61.2 Å². The molecule has 1 N–H and O–H groups in total. The van der Waals surface area contributed by atoms with Crippen molar-refractivity contribution in [3.05, 3.63) is 64.4 Å². The van der Waals surface area contributed by atoms with Crippen molar-refractivity contribution in [2.75, 3.05) is 6.54 Å². The Labute approximate surface area is 260 Å². The van der Waals surface area contributed by atoms with Crippen molar-refractivity contribution in [3.63, 3.8) is 0 Å². The fourth-order valence-corrected chi connectivity index (χ4v) is 6.96. The first kappa shape index (κ1) is 33.5. The number of aliphatic hydroxyl groups is 1. The van der Waals surface area contributed by atoms with Gasteiger partial charge in [-0.15, -0.1) is 0 Å². The molecular formula is C31H41BrF3N3O4Si. The first-order valence-corrected chi connectivity index (χ1v) is 18.2. The van der Waals surface area contributed by atoms with E-state index in [4.69, 9.17) is 9.16 Å². The molecule has 0 radical (unpaired) electrons. The lowest BCUT2D eigenvalue weighted by molar-refractivity contribution is -0.273. The van der Waals surface area contributed by atoms with Crippen LogP contribution in [0.15, 0.2) is 53.3 Å². The van der Waals surface area contributed by atoms with Gasteiger partial charge in [-0.1, -0.05) is 67.0 Å². The summed E-state index contributed by atoms with van der Waals surface area (Å²) in [6.45, 7) is 11.4. The van der Waals surface area contributed by atoms with Gasteiger partial charge in [0.1, 0.15) is 6.61 Å². The van der Waals surface area contributed by atoms with E-state index in [-0.39, 0.29) is 18.2 Å². The summed E-state index contributed by atoms with van der Waals surface area (Å²) >= 11 is 3.44. The lowest BCUT2D eigenvalue weighted by Gasteiger charge is -2.48. The minimum absolute atomic E-state index is 0.0177. The molecule has 1 saturated heterocycles. The number of hydrogen-bond donors (Lipinski definition) is 1. The van der Waals surface area contributed by atoms with Gasteiger partial charge in [0.25, 0.3) is 0 Å². The molecule has 7 nitrogen and oxygen atoms in total. The number of piperidine rings is 1. The second kappa shape index (κ2) is 12.5. The van der Waals surface area contributed by atoms with Crippen LogP contribution in [0.3, 0.4) is 0 Å². The molecule has 2 aromatic carbocycles. The van der Waals surface area contributed by atoms with Crippen molar-refractivity contribution in [2.45, 2.75) is 102 Å². The van der Waals surface area contributed by atoms with E-state index in [0.717, 1.165) is 15.6 Å². The first-order chi connectivity index (χ1) is 19.9. The highest BCUT2D eigenvalue weighted by Crippen LogP contribution is 2.43. The standard InChI is InChI=1S/C31H41BrF3N3O4Si/c1-21-23(32)14-15-24-27(21)36-20-37(24)19-30(40,31(33,34)35)17-25-26(42-43(5,6)29(2,3)4)13-10-16-38(25)28(39)41-18-22-11-8-7-9-12-22/h7-9,11-12,14-15,20,25-26,40H,10,13,16-19H2,1-6H3/t25-,26+,30?/m1/s1. The SMILES string of the molecule is Cc1c(Br)ccc2c1ncn2CC(O)(C[C@@H]1[C@@H](O[Si](C)(C)C(C)(C)C)CCCN1C(=O)OCc1ccccc1)C(F)(F)F. The number of aromatic nitrogens is 2. The summed E-state index contributed by atoms with van der Waals surface area (Å²) in [5.41, 5.74) is -0.619. The molecule has 12 heteroatoms. The number of amides is 1. The Hall–Kier alpha value is -2.41. The Bertz CT molecular complexity index is 1430. The first-order valence-electron chi connectivity index (χ1n) is 14.5. The molecule has 0 bridgehead atoms. The molecule has 1 aliphatic heterocycles. The lowest BCUT2D eigenvalue weighted by Crippen LogP contribution is -2.61. The number of halogens is 4. The summed E-state index contributed by atoms with van der Waals surface area (Å²) in [5, 5.41) is 11.3. The number of hydrogen-bond acceptors (Lipinski definition) is 5. The van der Waals surface area contributed by atoms with E-state index in [1.54, 1.807) is 12.1 Å². The van der Waals surface area contributed by atoms with Gasteiger partial charge in [0.15, 0.2) is 13.9 Å². The summed E-state index contributed by atoms with van der Waals surface area (Å²) < 4.78 is 59.0. The molecule has 0 aliphatic carbocycles. The largest absolute Gasteiger partial charge is 0.445 e. The fraction of sp³-hybridized carbons (Fsp3) is 0.548. The zero-order valence-corrected chi connectivity index (χ0v) is 28.1. The van der Waals surface area contributed by atoms with E-state index in [0.29, 0.717) is 23.9 Å². The monoisotopic (exact) mass is 683 g/mol. The molecule has 1 aromatic heterocycles. The number of carbonyl (C=O) groups is 1. The molecule has 43 heavy (non-hydrogen) atoms. The number of fused-ring (bicyclic) bond motifs is 1. The minimum Gasteiger partial charge on any atom is -0.445 e. The Morgan fingerprint density at radius 2 is 1.81 bits per heavy atom. The third-order valence-corrected chi connectivity index (χ3v) is 14.3. The average molecular weight is 685 g/mol. The molecule has 1 aliphatic rings. The van der Waals surface area contributed by atoms with Gasteiger partial charge in [-0.2, -0.15) is 13.2 Å². The molecule has 0 spiro atoms. The van der Waals surface area contributed by atoms with Crippen LogP contribution in [0.2, 0.25) is 18.1 Å². The molecule has 1 unspecified atom stereocenters. The number of benzene rings is 2. The summed E-state index contributed by atoms with van der Waals surface area (Å²) in [5.74, 6) is 0. The summed E-state index contributed by atoms with van der Waals surface area (Å²) in [6.07, 6.45) is -4.88. The number of nitrogens with zero attached hydrogens (tertiary/aromatic N) is 3. The van der Waals surface area contributed by atoms with Crippen molar-refractivity contribution in [3.8, 4) is 0 Å². The van der Waals surface area contributed by atoms with Crippen molar-refractivity contribution in [2.24, 2.45) is 0 Å². The maximum atomic E-state index is 14.9. The van der Waals surface area contributed by atoms with Crippen LogP contribution in [-0.2, 0) is 22.3 Å². The van der Waals surface area contributed by atoms with Crippen LogP contribution in [-0.4, -0.2) is 64.4 Å². The Morgan fingerprint density at radius 3 is 2.44 bits per heavy atom. The minimum atomic E-state index is -5.01. The number of rotatable bonds is 8. The molecule has 1 fully saturated rings. The average Bonchev–Trinajstić information content (AvgIpc) is 3.32. The topological polar surface area (TPSA) is 76.8 Å². The molecule has 1 amide bonds. The summed E-state index contributed by atoms with van der Waals surface area (Å²) in [4.78, 5) is 19.1. The van der Waals surface area contributed by atoms with Crippen LogP contribution in [0, 0.1) is 6.92 Å². The van der Waals surface area contributed by atoms with Gasteiger partial charge < -0.3 is 23.7 Å². The molecule has 3 atom stereocenters. The molecule has 0 saturated carbocycles. The van der Waals surface area contributed by atoms with E-state index in [9.17, 15) is 23.1 Å². The highest BCUT2D eigenvalue weighted by molar-refractivity contribution is 9.10. The second-order valence-corrected chi connectivity index (χ2v) is 18.6. The third kappa shape index (κ3) is 7.29. The zero-order chi connectivity index (χ0) is 31.8. The number of aryl methyl sites for hydroxylation is 1. The van der Waals surface area contributed by atoms with Gasteiger partial charge in [-0.3, -0.25) is 0 Å². The zero-order valence-electron chi connectivity index (χ0n) is 25.5. The van der Waals surface area contributed by atoms with Crippen LogP contribution >= 0.6 is 15.9 Å². The summed E-state index contributed by atoms with van der Waals surface area (Å²) in [6, 6.07) is 11.5. The predicted molar refractivity (Wildman–Crippen MR) is 166 cm³/mol. The molecular weight excluding hydrogens is 643 g/mol. The van der Waals surface area contributed by atoms with Gasteiger partial charge in [0.2, 0.25) is 0 Å².